The molecule has 0 radical (unpaired) electrons. The van der Waals surface area contributed by atoms with Crippen LogP contribution in [0.5, 0.6) is 0 Å². The molecule has 0 saturated carbocycles. The van der Waals surface area contributed by atoms with Gasteiger partial charge in [0.1, 0.15) is 11.9 Å². The fraction of sp³-hybridized carbons (Fsp3) is 0.143. The number of aromatic nitrogens is 3. The van der Waals surface area contributed by atoms with Crippen LogP contribution in [0.4, 0.5) is 0 Å². The van der Waals surface area contributed by atoms with Crippen molar-refractivity contribution >= 4 is 17.8 Å². The van der Waals surface area contributed by atoms with E-state index >= 15 is 0 Å². The molecule has 0 spiro atoms. The highest BCUT2D eigenvalue weighted by Crippen LogP contribution is 2.13. The van der Waals surface area contributed by atoms with Gasteiger partial charge in [-0.05, 0) is 12.1 Å². The van der Waals surface area contributed by atoms with E-state index in [-0.39, 0.29) is 12.1 Å². The van der Waals surface area contributed by atoms with E-state index in [4.69, 9.17) is 0 Å². The van der Waals surface area contributed by atoms with Crippen LogP contribution >= 0.6 is 0 Å². The molecule has 0 saturated heterocycles. The third kappa shape index (κ3) is 2.81. The Kier molecular flexibility index (Phi) is 3.46. The Morgan fingerprint density at radius 3 is 2.86 bits per heavy atom. The summed E-state index contributed by atoms with van der Waals surface area (Å²) in [6, 6.07) is 5.62. The van der Waals surface area contributed by atoms with Crippen LogP contribution in [0.2, 0.25) is 0 Å². The summed E-state index contributed by atoms with van der Waals surface area (Å²) in [4.78, 5) is 24.5. The van der Waals surface area contributed by atoms with Gasteiger partial charge in [0.25, 0.3) is 5.91 Å². The molecule has 0 bridgehead atoms. The number of imidazole rings is 1. The second-order valence-corrected chi connectivity index (χ2v) is 4.50. The lowest BCUT2D eigenvalue weighted by atomic mass is 10.2. The first-order valence-corrected chi connectivity index (χ1v) is 6.44. The monoisotopic (exact) mass is 282 g/mol. The van der Waals surface area contributed by atoms with Crippen LogP contribution in [-0.4, -0.2) is 32.8 Å². The molecule has 2 aromatic heterocycles. The lowest BCUT2D eigenvalue weighted by Gasteiger charge is -2.18. The van der Waals surface area contributed by atoms with Gasteiger partial charge in [-0.1, -0.05) is 6.07 Å². The Bertz CT molecular complexity index is 703. The zero-order valence-corrected chi connectivity index (χ0v) is 11.4. The van der Waals surface area contributed by atoms with E-state index in [0.29, 0.717) is 5.82 Å². The standard InChI is InChI=1S/C14H14N6O/c1-20-7-6-16-13(20)14(21)19-12-9-17-11(8-18-12)10-4-2-3-5-15-10/h2-9,12,18H,1H3,(H,19,21). The number of pyridine rings is 1. The summed E-state index contributed by atoms with van der Waals surface area (Å²) < 4.78 is 1.66. The molecule has 1 aliphatic rings. The second kappa shape index (κ2) is 5.58. The van der Waals surface area contributed by atoms with Gasteiger partial charge in [0, 0.05) is 38.1 Å². The van der Waals surface area contributed by atoms with Crippen molar-refractivity contribution in [3.63, 3.8) is 0 Å². The molecule has 1 atom stereocenters. The Hall–Kier alpha value is -2.96. The number of nitrogens with zero attached hydrogens (tertiary/aromatic N) is 4. The van der Waals surface area contributed by atoms with E-state index in [9.17, 15) is 4.79 Å². The third-order valence-corrected chi connectivity index (χ3v) is 3.00. The van der Waals surface area contributed by atoms with Gasteiger partial charge >= 0.3 is 0 Å². The number of nitrogens with one attached hydrogen (secondary N) is 2. The summed E-state index contributed by atoms with van der Waals surface area (Å²) in [7, 11) is 1.77. The number of hydrogen-bond donors (Lipinski definition) is 2. The minimum atomic E-state index is -0.373. The maximum Gasteiger partial charge on any atom is 0.289 e. The van der Waals surface area contributed by atoms with Crippen LogP contribution in [0.15, 0.2) is 48.0 Å². The average Bonchev–Trinajstić information content (AvgIpc) is 2.95. The Balaban J connectivity index is 1.64. The second-order valence-electron chi connectivity index (χ2n) is 4.50. The topological polar surface area (TPSA) is 84.2 Å². The predicted molar refractivity (Wildman–Crippen MR) is 78.3 cm³/mol. The first kappa shape index (κ1) is 13.0. The van der Waals surface area contributed by atoms with Crippen molar-refractivity contribution in [3.8, 4) is 0 Å². The van der Waals surface area contributed by atoms with Crippen molar-refractivity contribution in [3.05, 3.63) is 54.5 Å². The molecule has 1 aliphatic heterocycles. The maximum atomic E-state index is 12.0. The molecule has 7 nitrogen and oxygen atoms in total. The van der Waals surface area contributed by atoms with E-state index < -0.39 is 0 Å². The van der Waals surface area contributed by atoms with E-state index in [0.717, 1.165) is 11.4 Å². The minimum absolute atomic E-state index is 0.263. The van der Waals surface area contributed by atoms with Crippen LogP contribution < -0.4 is 10.6 Å². The molecule has 106 valence electrons. The normalized spacial score (nSPS) is 17.0. The first-order valence-electron chi connectivity index (χ1n) is 6.44. The van der Waals surface area contributed by atoms with Crippen molar-refractivity contribution in [2.24, 2.45) is 12.0 Å². The van der Waals surface area contributed by atoms with Crippen molar-refractivity contribution < 1.29 is 4.79 Å². The average molecular weight is 282 g/mol. The van der Waals surface area contributed by atoms with Gasteiger partial charge < -0.3 is 15.2 Å². The molecule has 0 aliphatic carbocycles. The predicted octanol–water partition coefficient (Wildman–Crippen LogP) is 0.544. The van der Waals surface area contributed by atoms with Crippen molar-refractivity contribution in [2.75, 3.05) is 0 Å². The number of hydrogen-bond acceptors (Lipinski definition) is 5. The number of aryl methyl sites for hydroxylation is 1. The van der Waals surface area contributed by atoms with E-state index in [1.807, 2.05) is 18.2 Å². The highest BCUT2D eigenvalue weighted by atomic mass is 16.2. The Labute approximate surface area is 121 Å². The molecule has 1 unspecified atom stereocenters. The zero-order chi connectivity index (χ0) is 14.7. The van der Waals surface area contributed by atoms with E-state index in [1.54, 1.807) is 42.6 Å². The van der Waals surface area contributed by atoms with E-state index in [1.165, 1.54) is 0 Å². The smallest absolute Gasteiger partial charge is 0.289 e. The van der Waals surface area contributed by atoms with Gasteiger partial charge in [0.2, 0.25) is 0 Å². The molecule has 0 fully saturated rings. The molecule has 3 rings (SSSR count). The van der Waals surface area contributed by atoms with Gasteiger partial charge in [-0.3, -0.25) is 14.8 Å². The van der Waals surface area contributed by atoms with Gasteiger partial charge in [0.05, 0.1) is 5.69 Å². The van der Waals surface area contributed by atoms with Crippen LogP contribution in [0.1, 0.15) is 16.3 Å². The third-order valence-electron chi connectivity index (χ3n) is 3.00. The molecular formula is C14H14N6O. The molecular weight excluding hydrogens is 268 g/mol. The molecule has 1 amide bonds. The summed E-state index contributed by atoms with van der Waals surface area (Å²) in [6.45, 7) is 0. The minimum Gasteiger partial charge on any atom is -0.365 e. The van der Waals surface area contributed by atoms with Crippen LogP contribution in [-0.2, 0) is 7.05 Å². The van der Waals surface area contributed by atoms with Gasteiger partial charge in [-0.2, -0.15) is 0 Å². The molecule has 21 heavy (non-hydrogen) atoms. The summed E-state index contributed by atoms with van der Waals surface area (Å²) in [6.07, 6.45) is 7.99. The van der Waals surface area contributed by atoms with Gasteiger partial charge in [0.15, 0.2) is 5.82 Å². The number of aliphatic imine (C=N–C) groups is 1. The number of rotatable bonds is 3. The lowest BCUT2D eigenvalue weighted by molar-refractivity contribution is 0.0931. The summed E-state index contributed by atoms with van der Waals surface area (Å²) in [5.74, 6) is 0.0887. The van der Waals surface area contributed by atoms with Crippen molar-refractivity contribution in [1.82, 2.24) is 25.2 Å². The fourth-order valence-corrected chi connectivity index (χ4v) is 1.93. The largest absolute Gasteiger partial charge is 0.365 e. The number of carbonyl (C=O) groups excluding carboxylic acids is 1. The van der Waals surface area contributed by atoms with Gasteiger partial charge in [-0.15, -0.1) is 0 Å². The number of carbonyl (C=O) groups is 1. The molecule has 2 N–H and O–H groups in total. The summed E-state index contributed by atoms with van der Waals surface area (Å²) >= 11 is 0. The van der Waals surface area contributed by atoms with Crippen molar-refractivity contribution in [2.45, 2.75) is 6.17 Å². The lowest BCUT2D eigenvalue weighted by Crippen LogP contribution is -2.46. The quantitative estimate of drug-likeness (QED) is 0.860. The first-order chi connectivity index (χ1) is 10.2. The molecule has 7 heteroatoms. The highest BCUT2D eigenvalue weighted by molar-refractivity contribution is 5.93. The number of amides is 1. The van der Waals surface area contributed by atoms with E-state index in [2.05, 4.69) is 25.6 Å². The summed E-state index contributed by atoms with van der Waals surface area (Å²) in [5.41, 5.74) is 1.49. The highest BCUT2D eigenvalue weighted by Gasteiger charge is 2.16. The fourth-order valence-electron chi connectivity index (χ4n) is 1.93. The van der Waals surface area contributed by atoms with Crippen LogP contribution in [0.3, 0.4) is 0 Å². The SMILES string of the molecule is Cn1ccnc1C(=O)NC1C=NC(c2ccccn2)=CN1. The Morgan fingerprint density at radius 1 is 1.33 bits per heavy atom. The zero-order valence-electron chi connectivity index (χ0n) is 11.4. The van der Waals surface area contributed by atoms with Crippen LogP contribution in [0, 0.1) is 0 Å². The Morgan fingerprint density at radius 2 is 2.24 bits per heavy atom. The molecule has 2 aromatic rings. The summed E-state index contributed by atoms with van der Waals surface area (Å²) in [5, 5.41) is 5.85. The van der Waals surface area contributed by atoms with Gasteiger partial charge in [-0.25, -0.2) is 4.98 Å². The maximum absolute atomic E-state index is 12.0. The van der Waals surface area contributed by atoms with Crippen molar-refractivity contribution in [1.29, 1.82) is 0 Å². The molecule has 3 heterocycles. The molecule has 0 aromatic carbocycles. The van der Waals surface area contributed by atoms with Crippen LogP contribution in [0.25, 0.3) is 5.70 Å².